The van der Waals surface area contributed by atoms with Gasteiger partial charge in [0.05, 0.1) is 5.60 Å². The molecule has 1 fully saturated rings. The predicted octanol–water partition coefficient (Wildman–Crippen LogP) is 2.97. The molecule has 1 rings (SSSR count). The lowest BCUT2D eigenvalue weighted by Gasteiger charge is -2.24. The van der Waals surface area contributed by atoms with Crippen molar-refractivity contribution in [3.8, 4) is 0 Å². The van der Waals surface area contributed by atoms with E-state index in [0.29, 0.717) is 0 Å². The summed E-state index contributed by atoms with van der Waals surface area (Å²) in [6.07, 6.45) is 6.62. The molecule has 1 atom stereocenters. The first-order valence-corrected chi connectivity index (χ1v) is 6.37. The van der Waals surface area contributed by atoms with Gasteiger partial charge in [0.2, 0.25) is 0 Å². The molecule has 0 aromatic carbocycles. The summed E-state index contributed by atoms with van der Waals surface area (Å²) in [6.45, 7) is 7.65. The SMILES string of the molecule is CCNC(CCCC(C)(C)OC)C1CC1. The maximum absolute atomic E-state index is 5.44. The zero-order chi connectivity index (χ0) is 11.3. The summed E-state index contributed by atoms with van der Waals surface area (Å²) >= 11 is 0. The van der Waals surface area contributed by atoms with Gasteiger partial charge in [-0.25, -0.2) is 0 Å². The van der Waals surface area contributed by atoms with Crippen LogP contribution in [0.3, 0.4) is 0 Å². The smallest absolute Gasteiger partial charge is 0.0622 e. The molecular formula is C13H27NO. The van der Waals surface area contributed by atoms with Crippen molar-refractivity contribution >= 4 is 0 Å². The van der Waals surface area contributed by atoms with Crippen molar-refractivity contribution < 1.29 is 4.74 Å². The summed E-state index contributed by atoms with van der Waals surface area (Å²) in [6, 6.07) is 0.766. The van der Waals surface area contributed by atoms with Gasteiger partial charge in [0, 0.05) is 13.2 Å². The molecule has 2 nitrogen and oxygen atoms in total. The van der Waals surface area contributed by atoms with Gasteiger partial charge in [-0.3, -0.25) is 0 Å². The molecule has 0 aromatic rings. The molecule has 1 aliphatic rings. The van der Waals surface area contributed by atoms with E-state index in [1.54, 1.807) is 0 Å². The van der Waals surface area contributed by atoms with Crippen molar-refractivity contribution in [3.63, 3.8) is 0 Å². The standard InChI is InChI=1S/C13H27NO/c1-5-14-12(11-8-9-11)7-6-10-13(2,3)15-4/h11-12,14H,5-10H2,1-4H3. The quantitative estimate of drug-likeness (QED) is 0.669. The second kappa shape index (κ2) is 5.86. The van der Waals surface area contributed by atoms with Gasteiger partial charge in [-0.1, -0.05) is 6.92 Å². The Kier molecular flexibility index (Phi) is 5.07. The van der Waals surface area contributed by atoms with E-state index in [0.717, 1.165) is 24.9 Å². The number of nitrogens with one attached hydrogen (secondary N) is 1. The Hall–Kier alpha value is -0.0800. The predicted molar refractivity (Wildman–Crippen MR) is 65.1 cm³/mol. The van der Waals surface area contributed by atoms with Crippen LogP contribution in [0.4, 0.5) is 0 Å². The monoisotopic (exact) mass is 213 g/mol. The normalized spacial score (nSPS) is 19.2. The average Bonchev–Trinajstić information content (AvgIpc) is 3.00. The molecule has 0 aromatic heterocycles. The zero-order valence-corrected chi connectivity index (χ0v) is 10.8. The van der Waals surface area contributed by atoms with Crippen LogP contribution in [0.5, 0.6) is 0 Å². The van der Waals surface area contributed by atoms with E-state index in [1.165, 1.54) is 25.7 Å². The van der Waals surface area contributed by atoms with Gasteiger partial charge in [0.15, 0.2) is 0 Å². The van der Waals surface area contributed by atoms with Gasteiger partial charge in [0.25, 0.3) is 0 Å². The van der Waals surface area contributed by atoms with Crippen LogP contribution in [0.15, 0.2) is 0 Å². The topological polar surface area (TPSA) is 21.3 Å². The zero-order valence-electron chi connectivity index (χ0n) is 10.8. The second-order valence-electron chi connectivity index (χ2n) is 5.36. The van der Waals surface area contributed by atoms with Gasteiger partial charge >= 0.3 is 0 Å². The van der Waals surface area contributed by atoms with Gasteiger partial charge in [-0.05, 0) is 58.4 Å². The minimum Gasteiger partial charge on any atom is -0.379 e. The fourth-order valence-corrected chi connectivity index (χ4v) is 2.11. The molecule has 0 saturated heterocycles. The van der Waals surface area contributed by atoms with Crippen LogP contribution >= 0.6 is 0 Å². The number of hydrogen-bond donors (Lipinski definition) is 1. The first-order chi connectivity index (χ1) is 7.09. The summed E-state index contributed by atoms with van der Waals surface area (Å²) in [4.78, 5) is 0. The third-order valence-corrected chi connectivity index (χ3v) is 3.50. The van der Waals surface area contributed by atoms with E-state index in [1.807, 2.05) is 7.11 Å². The van der Waals surface area contributed by atoms with E-state index < -0.39 is 0 Å². The van der Waals surface area contributed by atoms with Crippen LogP contribution < -0.4 is 5.32 Å². The second-order valence-corrected chi connectivity index (χ2v) is 5.36. The molecule has 1 unspecified atom stereocenters. The van der Waals surface area contributed by atoms with Gasteiger partial charge in [-0.15, -0.1) is 0 Å². The number of rotatable bonds is 8. The van der Waals surface area contributed by atoms with Crippen LogP contribution in [0.1, 0.15) is 52.9 Å². The minimum absolute atomic E-state index is 0.0559. The number of ether oxygens (including phenoxy) is 1. The fourth-order valence-electron chi connectivity index (χ4n) is 2.11. The summed E-state index contributed by atoms with van der Waals surface area (Å²) in [5.74, 6) is 0.968. The van der Waals surface area contributed by atoms with Crippen molar-refractivity contribution in [2.24, 2.45) is 5.92 Å². The Morgan fingerprint density at radius 1 is 1.40 bits per heavy atom. The van der Waals surface area contributed by atoms with Crippen molar-refractivity contribution in [2.75, 3.05) is 13.7 Å². The average molecular weight is 213 g/mol. The van der Waals surface area contributed by atoms with E-state index in [9.17, 15) is 0 Å². The first kappa shape index (κ1) is 13.0. The lowest BCUT2D eigenvalue weighted by atomic mass is 9.97. The first-order valence-electron chi connectivity index (χ1n) is 6.37. The fraction of sp³-hybridized carbons (Fsp3) is 1.00. The van der Waals surface area contributed by atoms with E-state index >= 15 is 0 Å². The highest BCUT2D eigenvalue weighted by atomic mass is 16.5. The van der Waals surface area contributed by atoms with Crippen molar-refractivity contribution in [1.29, 1.82) is 0 Å². The largest absolute Gasteiger partial charge is 0.379 e. The Bertz CT molecular complexity index is 175. The van der Waals surface area contributed by atoms with E-state index in [-0.39, 0.29) is 5.60 Å². The molecule has 0 bridgehead atoms. The van der Waals surface area contributed by atoms with Crippen molar-refractivity contribution in [3.05, 3.63) is 0 Å². The highest BCUT2D eigenvalue weighted by Crippen LogP contribution is 2.35. The molecule has 0 heterocycles. The third kappa shape index (κ3) is 4.98. The molecule has 1 aliphatic carbocycles. The van der Waals surface area contributed by atoms with Crippen molar-refractivity contribution in [1.82, 2.24) is 5.32 Å². The lowest BCUT2D eigenvalue weighted by Crippen LogP contribution is -2.31. The Labute approximate surface area is 94.8 Å². The summed E-state index contributed by atoms with van der Waals surface area (Å²) in [5, 5.41) is 3.61. The van der Waals surface area contributed by atoms with E-state index in [4.69, 9.17) is 4.74 Å². The summed E-state index contributed by atoms with van der Waals surface area (Å²) in [7, 11) is 1.81. The molecule has 0 amide bonds. The molecule has 2 heteroatoms. The van der Waals surface area contributed by atoms with Crippen molar-refractivity contribution in [2.45, 2.75) is 64.5 Å². The lowest BCUT2D eigenvalue weighted by molar-refractivity contribution is 0.0128. The van der Waals surface area contributed by atoms with Crippen LogP contribution in [0, 0.1) is 5.92 Å². The molecule has 15 heavy (non-hydrogen) atoms. The summed E-state index contributed by atoms with van der Waals surface area (Å²) < 4.78 is 5.44. The maximum atomic E-state index is 5.44. The van der Waals surface area contributed by atoms with Gasteiger partial charge < -0.3 is 10.1 Å². The molecule has 90 valence electrons. The molecule has 1 N–H and O–H groups in total. The highest BCUT2D eigenvalue weighted by Gasteiger charge is 2.30. The molecule has 1 saturated carbocycles. The Morgan fingerprint density at radius 3 is 2.53 bits per heavy atom. The Balaban J connectivity index is 2.16. The van der Waals surface area contributed by atoms with Crippen LogP contribution in [0.25, 0.3) is 0 Å². The molecule has 0 aliphatic heterocycles. The minimum atomic E-state index is 0.0559. The maximum Gasteiger partial charge on any atom is 0.0622 e. The van der Waals surface area contributed by atoms with E-state index in [2.05, 4.69) is 26.1 Å². The summed E-state index contributed by atoms with van der Waals surface area (Å²) in [5.41, 5.74) is 0.0559. The van der Waals surface area contributed by atoms with Gasteiger partial charge in [0.1, 0.15) is 0 Å². The van der Waals surface area contributed by atoms with Crippen LogP contribution in [0.2, 0.25) is 0 Å². The molecule has 0 radical (unpaired) electrons. The van der Waals surface area contributed by atoms with Gasteiger partial charge in [-0.2, -0.15) is 0 Å². The number of methoxy groups -OCH3 is 1. The Morgan fingerprint density at radius 2 is 2.07 bits per heavy atom. The number of hydrogen-bond acceptors (Lipinski definition) is 2. The third-order valence-electron chi connectivity index (χ3n) is 3.50. The van der Waals surface area contributed by atoms with Crippen LogP contribution in [-0.2, 0) is 4.74 Å². The molecule has 0 spiro atoms. The molecular weight excluding hydrogens is 186 g/mol. The van der Waals surface area contributed by atoms with Crippen LogP contribution in [-0.4, -0.2) is 25.3 Å². The highest BCUT2D eigenvalue weighted by molar-refractivity contribution is 4.86.